The third kappa shape index (κ3) is 4.14. The molecule has 0 aliphatic heterocycles. The minimum atomic E-state index is -0.503. The highest BCUT2D eigenvalue weighted by atomic mass is 32.2. The van der Waals surface area contributed by atoms with Crippen molar-refractivity contribution in [2.75, 3.05) is 5.75 Å². The summed E-state index contributed by atoms with van der Waals surface area (Å²) in [6.07, 6.45) is 3.37. The van der Waals surface area contributed by atoms with E-state index in [4.69, 9.17) is 0 Å². The largest absolute Gasteiger partial charge is 0.346 e. The second kappa shape index (κ2) is 7.78. The summed E-state index contributed by atoms with van der Waals surface area (Å²) in [6, 6.07) is 0. The van der Waals surface area contributed by atoms with Gasteiger partial charge in [0.2, 0.25) is 5.91 Å². The van der Waals surface area contributed by atoms with Crippen molar-refractivity contribution in [1.82, 2.24) is 19.8 Å². The van der Waals surface area contributed by atoms with E-state index in [2.05, 4.69) is 29.5 Å². The molecule has 1 heterocycles. The molecule has 0 bridgehead atoms. The Morgan fingerprint density at radius 1 is 1.29 bits per heavy atom. The van der Waals surface area contributed by atoms with Crippen molar-refractivity contribution in [3.05, 3.63) is 20.8 Å². The molecule has 8 nitrogen and oxygen atoms in total. The Balaban J connectivity index is 1.99. The summed E-state index contributed by atoms with van der Waals surface area (Å²) in [5.41, 5.74) is 2.59. The first-order valence-corrected chi connectivity index (χ1v) is 8.93. The monoisotopic (exact) mass is 353 g/mol. The van der Waals surface area contributed by atoms with Crippen LogP contribution in [0.3, 0.4) is 0 Å². The third-order valence-corrected chi connectivity index (χ3v) is 5.16. The van der Waals surface area contributed by atoms with Gasteiger partial charge in [0, 0.05) is 19.8 Å². The minimum absolute atomic E-state index is 0.0139. The van der Waals surface area contributed by atoms with Crippen molar-refractivity contribution in [2.24, 2.45) is 31.0 Å². The van der Waals surface area contributed by atoms with Crippen LogP contribution in [-0.2, 0) is 18.9 Å². The van der Waals surface area contributed by atoms with Gasteiger partial charge in [0.25, 0.3) is 5.56 Å². The standard InChI is InChI=1S/C15H23N5O3S/c1-9-6-5-7-10(2)12(9)17-16-11(21)8-24-13-14(22)19(3)15(23)20(4)18-13/h9-10H,5-8H2,1-4H3,(H,16,21)/t9-,10-/m1/s1. The number of carbonyl (C=O) groups excluding carboxylic acids is 1. The molecule has 0 unspecified atom stereocenters. The number of hydrogen-bond donors (Lipinski definition) is 1. The van der Waals surface area contributed by atoms with E-state index in [-0.39, 0.29) is 16.7 Å². The maximum atomic E-state index is 12.0. The molecule has 1 aromatic heterocycles. The fourth-order valence-corrected chi connectivity index (χ4v) is 3.56. The van der Waals surface area contributed by atoms with Gasteiger partial charge in [0.1, 0.15) is 0 Å². The molecule has 1 fully saturated rings. The maximum Gasteiger partial charge on any atom is 0.346 e. The topological polar surface area (TPSA) is 98.3 Å². The Kier molecular flexibility index (Phi) is 5.98. The number of amides is 1. The van der Waals surface area contributed by atoms with Crippen molar-refractivity contribution in [2.45, 2.75) is 38.1 Å². The van der Waals surface area contributed by atoms with Crippen LogP contribution in [0.5, 0.6) is 0 Å². The number of aryl methyl sites for hydroxylation is 1. The zero-order chi connectivity index (χ0) is 17.9. The zero-order valence-electron chi connectivity index (χ0n) is 14.4. The van der Waals surface area contributed by atoms with E-state index < -0.39 is 11.2 Å². The third-order valence-electron chi connectivity index (χ3n) is 4.23. The maximum absolute atomic E-state index is 12.0. The summed E-state index contributed by atoms with van der Waals surface area (Å²) in [5.74, 6) is 0.466. The number of nitrogens with one attached hydrogen (secondary N) is 1. The molecule has 1 aliphatic carbocycles. The van der Waals surface area contributed by atoms with Crippen molar-refractivity contribution in [3.63, 3.8) is 0 Å². The Morgan fingerprint density at radius 3 is 2.54 bits per heavy atom. The molecule has 9 heteroatoms. The van der Waals surface area contributed by atoms with Gasteiger partial charge in [0.15, 0.2) is 5.03 Å². The Hall–Kier alpha value is -1.90. The van der Waals surface area contributed by atoms with Gasteiger partial charge in [0.05, 0.1) is 5.75 Å². The lowest BCUT2D eigenvalue weighted by atomic mass is 9.81. The number of thioether (sulfide) groups is 1. The fraction of sp³-hybridized carbons (Fsp3) is 0.667. The van der Waals surface area contributed by atoms with Gasteiger partial charge in [-0.25, -0.2) is 14.9 Å². The summed E-state index contributed by atoms with van der Waals surface area (Å²) >= 11 is 0.995. The molecule has 0 spiro atoms. The average molecular weight is 353 g/mol. The summed E-state index contributed by atoms with van der Waals surface area (Å²) in [5, 5.41) is 8.28. The molecular weight excluding hydrogens is 330 g/mol. The lowest BCUT2D eigenvalue weighted by molar-refractivity contribution is -0.118. The smallest absolute Gasteiger partial charge is 0.272 e. The number of nitrogens with zero attached hydrogens (tertiary/aromatic N) is 4. The molecule has 0 aromatic carbocycles. The second-order valence-electron chi connectivity index (χ2n) is 6.17. The molecule has 2 atom stereocenters. The van der Waals surface area contributed by atoms with E-state index in [1.807, 2.05) is 0 Å². The summed E-state index contributed by atoms with van der Waals surface area (Å²) in [6.45, 7) is 4.24. The average Bonchev–Trinajstić information content (AvgIpc) is 2.54. The number of rotatable bonds is 4. The van der Waals surface area contributed by atoms with E-state index in [0.29, 0.717) is 11.8 Å². The van der Waals surface area contributed by atoms with Crippen LogP contribution >= 0.6 is 11.8 Å². The number of hydrogen-bond acceptors (Lipinski definition) is 6. The first-order valence-electron chi connectivity index (χ1n) is 7.94. The number of hydrazone groups is 1. The highest BCUT2D eigenvalue weighted by Gasteiger charge is 2.23. The predicted molar refractivity (Wildman–Crippen MR) is 93.2 cm³/mol. The van der Waals surface area contributed by atoms with Gasteiger partial charge in [-0.3, -0.25) is 14.2 Å². The Morgan fingerprint density at radius 2 is 1.92 bits per heavy atom. The van der Waals surface area contributed by atoms with Crippen molar-refractivity contribution in [3.8, 4) is 0 Å². The molecule has 1 amide bonds. The lowest BCUT2D eigenvalue weighted by Crippen LogP contribution is -2.39. The van der Waals surface area contributed by atoms with Crippen molar-refractivity contribution >= 4 is 23.4 Å². The molecule has 1 aliphatic rings. The fourth-order valence-electron chi connectivity index (χ4n) is 2.78. The van der Waals surface area contributed by atoms with Gasteiger partial charge in [-0.15, -0.1) is 0 Å². The van der Waals surface area contributed by atoms with Gasteiger partial charge in [-0.05, 0) is 24.7 Å². The molecule has 1 N–H and O–H groups in total. The zero-order valence-corrected chi connectivity index (χ0v) is 15.2. The molecule has 132 valence electrons. The molecule has 1 aromatic rings. The van der Waals surface area contributed by atoms with Crippen LogP contribution in [-0.4, -0.2) is 31.7 Å². The van der Waals surface area contributed by atoms with Crippen LogP contribution in [0.2, 0.25) is 0 Å². The molecule has 0 saturated heterocycles. The highest BCUT2D eigenvalue weighted by Crippen LogP contribution is 2.25. The van der Waals surface area contributed by atoms with E-state index >= 15 is 0 Å². The van der Waals surface area contributed by atoms with Gasteiger partial charge >= 0.3 is 5.69 Å². The molecule has 2 rings (SSSR count). The molecule has 0 radical (unpaired) electrons. The molecule has 1 saturated carbocycles. The van der Waals surface area contributed by atoms with Gasteiger partial charge in [-0.2, -0.15) is 10.2 Å². The quantitative estimate of drug-likeness (QED) is 0.628. The number of carbonyl (C=O) groups is 1. The minimum Gasteiger partial charge on any atom is -0.272 e. The summed E-state index contributed by atoms with van der Waals surface area (Å²) in [4.78, 5) is 35.5. The molecule has 24 heavy (non-hydrogen) atoms. The number of aromatic nitrogens is 3. The van der Waals surface area contributed by atoms with Crippen LogP contribution in [0.1, 0.15) is 33.1 Å². The molecular formula is C15H23N5O3S. The van der Waals surface area contributed by atoms with E-state index in [0.717, 1.165) is 39.6 Å². The summed E-state index contributed by atoms with van der Waals surface area (Å²) in [7, 11) is 2.85. The predicted octanol–water partition coefficient (Wildman–Crippen LogP) is 0.499. The first-order chi connectivity index (χ1) is 11.3. The van der Waals surface area contributed by atoms with Crippen LogP contribution in [0.25, 0.3) is 0 Å². The SMILES string of the molecule is C[C@@H]1CCC[C@@H](C)C1=NNC(=O)CSc1nn(C)c(=O)n(C)c1=O. The van der Waals surface area contributed by atoms with Crippen LogP contribution in [0.4, 0.5) is 0 Å². The van der Waals surface area contributed by atoms with Crippen LogP contribution < -0.4 is 16.7 Å². The lowest BCUT2D eigenvalue weighted by Gasteiger charge is -2.26. The first kappa shape index (κ1) is 18.4. The Bertz CT molecular complexity index is 755. The van der Waals surface area contributed by atoms with E-state index in [1.165, 1.54) is 20.5 Å². The summed E-state index contributed by atoms with van der Waals surface area (Å²) < 4.78 is 2.05. The highest BCUT2D eigenvalue weighted by molar-refractivity contribution is 7.99. The van der Waals surface area contributed by atoms with Crippen LogP contribution in [0, 0.1) is 11.8 Å². The Labute approximate surface area is 144 Å². The van der Waals surface area contributed by atoms with Gasteiger partial charge < -0.3 is 0 Å². The second-order valence-corrected chi connectivity index (χ2v) is 7.13. The van der Waals surface area contributed by atoms with E-state index in [9.17, 15) is 14.4 Å². The van der Waals surface area contributed by atoms with E-state index in [1.54, 1.807) is 0 Å². The van der Waals surface area contributed by atoms with Crippen LogP contribution in [0.15, 0.2) is 19.7 Å². The normalized spacial score (nSPS) is 20.8. The van der Waals surface area contributed by atoms with Crippen molar-refractivity contribution in [1.29, 1.82) is 0 Å². The van der Waals surface area contributed by atoms with Crippen molar-refractivity contribution < 1.29 is 4.79 Å². The van der Waals surface area contributed by atoms with Gasteiger partial charge in [-0.1, -0.05) is 32.0 Å².